The maximum absolute atomic E-state index is 11.7. The van der Waals surface area contributed by atoms with Gasteiger partial charge < -0.3 is 18.1 Å². The van der Waals surface area contributed by atoms with Gasteiger partial charge >= 0.3 is 24.3 Å². The van der Waals surface area contributed by atoms with E-state index in [9.17, 15) is 13.2 Å². The lowest BCUT2D eigenvalue weighted by Gasteiger charge is -2.02. The third kappa shape index (κ3) is 6.37. The molecule has 1 nitrogen and oxygen atoms in total. The molecule has 0 spiro atoms. The number of hydrogen-bond donors (Lipinski definition) is 0. The summed E-state index contributed by atoms with van der Waals surface area (Å²) in [6.07, 6.45) is -3.35. The number of rotatable bonds is 0. The first-order valence-corrected chi connectivity index (χ1v) is 7.31. The molecule has 1 radical (unpaired) electrons. The quantitative estimate of drug-likeness (QED) is 0.636. The van der Waals surface area contributed by atoms with Gasteiger partial charge in [0.15, 0.2) is 0 Å². The number of hydrogen-bond acceptors (Lipinski definition) is 1. The van der Waals surface area contributed by atoms with Gasteiger partial charge in [0.05, 0.1) is 0 Å². The van der Waals surface area contributed by atoms with Crippen molar-refractivity contribution in [2.24, 2.45) is 0 Å². The summed E-state index contributed by atoms with van der Waals surface area (Å²) in [5.74, 6) is 0. The molecule has 1 aromatic heterocycles. The monoisotopic (exact) mass is 240 g/mol. The van der Waals surface area contributed by atoms with Crippen LogP contribution in [0.2, 0.25) is 0 Å². The average Bonchev–Trinajstić information content (AvgIpc) is 2.06. The highest BCUT2D eigenvalue weighted by Gasteiger charge is 2.31. The van der Waals surface area contributed by atoms with E-state index in [1.807, 2.05) is 0 Å². The second-order valence-corrected chi connectivity index (χ2v) is 4.37. The summed E-state index contributed by atoms with van der Waals surface area (Å²) in [5.41, 5.74) is -0.883. The molecule has 1 aromatic rings. The Kier molecular flexibility index (Phi) is 6.85. The predicted octanol–water partition coefficient (Wildman–Crippen LogP) is 2.90. The summed E-state index contributed by atoms with van der Waals surface area (Å²) in [4.78, 5) is 3.07. The third-order valence-corrected chi connectivity index (χ3v) is 0.906. The molecule has 7 heteroatoms. The minimum atomic E-state index is -4.34. The Morgan fingerprint density at radius 2 is 1.92 bits per heavy atom. The molecule has 0 aliphatic carbocycles. The number of alkyl halides is 3. The summed E-state index contributed by atoms with van der Waals surface area (Å²) in [6.45, 7) is 0. The fourth-order valence-electron chi connectivity index (χ4n) is 0.488. The van der Waals surface area contributed by atoms with Crippen LogP contribution in [0.3, 0.4) is 0 Å². The fraction of sp³-hybridized carbons (Fsp3) is 0.167. The van der Waals surface area contributed by atoms with Gasteiger partial charge in [0.25, 0.3) is 0 Å². The van der Waals surface area contributed by atoms with E-state index in [4.69, 9.17) is 18.1 Å². The molecule has 1 rings (SSSR count). The molecule has 0 saturated carbocycles. The van der Waals surface area contributed by atoms with Gasteiger partial charge in [-0.15, -0.1) is 0 Å². The van der Waals surface area contributed by atoms with Crippen LogP contribution >= 0.6 is 18.1 Å². The summed E-state index contributed by atoms with van der Waals surface area (Å²) in [6, 6.07) is 4.45. The predicted molar refractivity (Wildman–Crippen MR) is 45.5 cm³/mol. The summed E-state index contributed by atoms with van der Waals surface area (Å²) >= 11 is -0.639. The molecule has 0 bridgehead atoms. The molecule has 0 aromatic carbocycles. The molecule has 0 atom stereocenters. The zero-order valence-corrected chi connectivity index (χ0v) is 9.20. The van der Waals surface area contributed by atoms with E-state index in [0.717, 1.165) is 12.3 Å². The van der Waals surface area contributed by atoms with E-state index in [1.54, 1.807) is 0 Å². The van der Waals surface area contributed by atoms with Crippen molar-refractivity contribution in [3.8, 4) is 0 Å². The second kappa shape index (κ2) is 6.70. The molecule has 69 valence electrons. The normalized spacial score (nSPS) is 9.62. The van der Waals surface area contributed by atoms with Crippen molar-refractivity contribution in [2.45, 2.75) is 6.18 Å². The van der Waals surface area contributed by atoms with E-state index < -0.39 is 30.0 Å². The second-order valence-electron chi connectivity index (χ2n) is 1.74. The van der Waals surface area contributed by atoms with Crippen LogP contribution < -0.4 is 0 Å². The highest BCUT2D eigenvalue weighted by molar-refractivity contribution is 7.22. The van der Waals surface area contributed by atoms with Crippen molar-refractivity contribution in [3.05, 3.63) is 30.1 Å². The smallest absolute Gasteiger partial charge is 0.309 e. The third-order valence-electron chi connectivity index (χ3n) is 0.906. The zero-order valence-electron chi connectivity index (χ0n) is 6.28. The Morgan fingerprint density at radius 3 is 2.15 bits per heavy atom. The van der Waals surface area contributed by atoms with E-state index >= 15 is 0 Å². The molecule has 0 N–H and O–H groups in total. The fourth-order valence-corrected chi connectivity index (χ4v) is 0.488. The Labute approximate surface area is 90.5 Å². The van der Waals surface area contributed by atoms with Gasteiger partial charge in [-0.05, 0) is 6.07 Å². The van der Waals surface area contributed by atoms with Crippen LogP contribution in [-0.2, 0) is 6.18 Å². The minimum absolute atomic E-state index is 0.639. The number of pyridine rings is 1. The number of aromatic nitrogens is 1. The van der Waals surface area contributed by atoms with Gasteiger partial charge in [-0.3, -0.25) is 4.98 Å². The van der Waals surface area contributed by atoms with Crippen molar-refractivity contribution in [1.82, 2.24) is 4.98 Å². The van der Waals surface area contributed by atoms with Gasteiger partial charge in [-0.25, -0.2) is 0 Å². The highest BCUT2D eigenvalue weighted by Crippen LogP contribution is 2.26. The lowest BCUT2D eigenvalue weighted by Crippen LogP contribution is -2.06. The van der Waals surface area contributed by atoms with E-state index in [0.29, 0.717) is 0 Å². The molecular weight excluding hydrogens is 238 g/mol. The van der Waals surface area contributed by atoms with Gasteiger partial charge in [-0.2, -0.15) is 13.2 Å². The minimum Gasteiger partial charge on any atom is -0.309 e. The van der Waals surface area contributed by atoms with Crippen LogP contribution in [0.1, 0.15) is 5.69 Å². The van der Waals surface area contributed by atoms with Crippen LogP contribution in [0.15, 0.2) is 18.3 Å². The van der Waals surface area contributed by atoms with E-state index in [1.165, 1.54) is 6.07 Å². The maximum Gasteiger partial charge on any atom is 0.618 e. The molecule has 0 unspecified atom stereocenters. The molecule has 0 fully saturated rings. The van der Waals surface area contributed by atoms with Crippen molar-refractivity contribution < 1.29 is 13.2 Å². The zero-order chi connectivity index (χ0) is 10.3. The Balaban J connectivity index is 0.000000424. The Bertz CT molecular complexity index is 229. The molecule has 0 amide bonds. The Morgan fingerprint density at radius 1 is 1.38 bits per heavy atom. The average molecular weight is 241 g/mol. The lowest BCUT2D eigenvalue weighted by atomic mass is 10.3. The first kappa shape index (κ1) is 13.3. The summed E-state index contributed by atoms with van der Waals surface area (Å²) in [5, 5.41) is 0. The van der Waals surface area contributed by atoms with Crippen molar-refractivity contribution in [1.29, 1.82) is 0 Å². The van der Waals surface area contributed by atoms with Gasteiger partial charge in [-0.1, -0.05) is 6.07 Å². The van der Waals surface area contributed by atoms with E-state index in [-0.39, 0.29) is 0 Å². The SMILES string of the molecule is FC(F)(F)c1cc[c]cn1.[Cl][Mg][Cl]. The van der Waals surface area contributed by atoms with E-state index in [2.05, 4.69) is 11.1 Å². The summed E-state index contributed by atoms with van der Waals surface area (Å²) < 4.78 is 35.1. The standard InChI is InChI=1S/C6H3F3N.2ClH.Mg/c7-6(8,9)5-3-1-2-4-10-5;;;/h1,3-4H;2*1H;/q;;;+2/p-2. The largest absolute Gasteiger partial charge is 0.618 e. The van der Waals surface area contributed by atoms with Crippen molar-refractivity contribution in [3.63, 3.8) is 0 Å². The molecule has 13 heavy (non-hydrogen) atoms. The van der Waals surface area contributed by atoms with Crippen molar-refractivity contribution in [2.75, 3.05) is 0 Å². The van der Waals surface area contributed by atoms with Crippen LogP contribution in [0, 0.1) is 6.07 Å². The van der Waals surface area contributed by atoms with Crippen LogP contribution in [-0.4, -0.2) is 23.1 Å². The molecule has 1 heterocycles. The highest BCUT2D eigenvalue weighted by atomic mass is 35.6. The van der Waals surface area contributed by atoms with Crippen LogP contribution in [0.5, 0.6) is 0 Å². The van der Waals surface area contributed by atoms with Crippen LogP contribution in [0.25, 0.3) is 0 Å². The Hall–Kier alpha value is 0.286. The first-order valence-electron chi connectivity index (χ1n) is 3.03. The number of nitrogens with zero attached hydrogens (tertiary/aromatic N) is 1. The first-order chi connectivity index (χ1) is 6.02. The molecule has 0 saturated heterocycles. The maximum atomic E-state index is 11.7. The van der Waals surface area contributed by atoms with Gasteiger partial charge in [0.1, 0.15) is 5.69 Å². The molecule has 0 aliphatic rings. The topological polar surface area (TPSA) is 12.9 Å². The molecule has 0 aliphatic heterocycles. The summed E-state index contributed by atoms with van der Waals surface area (Å²) in [7, 11) is 9.81. The lowest BCUT2D eigenvalue weighted by molar-refractivity contribution is -0.141. The van der Waals surface area contributed by atoms with Crippen LogP contribution in [0.4, 0.5) is 13.2 Å². The van der Waals surface area contributed by atoms with Crippen molar-refractivity contribution >= 4 is 36.3 Å². The number of halogens is 5. The van der Waals surface area contributed by atoms with Gasteiger partial charge in [0.2, 0.25) is 0 Å². The van der Waals surface area contributed by atoms with Gasteiger partial charge in [0, 0.05) is 12.3 Å². The molecular formula is C6H3Cl2F3MgN.